The molecule has 3 aromatic heterocycles. The lowest BCUT2D eigenvalue weighted by Gasteiger charge is -2.04. The number of amides is 2. The molecule has 0 aliphatic carbocycles. The molecule has 0 saturated heterocycles. The van der Waals surface area contributed by atoms with Crippen LogP contribution in [-0.4, -0.2) is 38.2 Å². The third kappa shape index (κ3) is 4.61. The van der Waals surface area contributed by atoms with Crippen molar-refractivity contribution in [2.45, 2.75) is 13.0 Å². The molecule has 3 rings (SSSR count). The molecule has 0 spiro atoms. The minimum Gasteiger partial charge on any atom is -0.384 e. The van der Waals surface area contributed by atoms with Crippen LogP contribution in [0.4, 0.5) is 14.6 Å². The maximum atomic E-state index is 12.1. The number of hydrogen-bond acceptors (Lipinski definition) is 7. The Labute approximate surface area is 155 Å². The molecule has 2 amide bonds. The van der Waals surface area contributed by atoms with E-state index >= 15 is 0 Å². The minimum absolute atomic E-state index is 0.252. The summed E-state index contributed by atoms with van der Waals surface area (Å²) in [6, 6.07) is 6.65. The van der Waals surface area contributed by atoms with E-state index in [2.05, 4.69) is 15.3 Å². The van der Waals surface area contributed by atoms with Gasteiger partial charge in [-0.25, -0.2) is 9.67 Å². The van der Waals surface area contributed by atoms with Crippen LogP contribution in [0.25, 0.3) is 11.3 Å². The summed E-state index contributed by atoms with van der Waals surface area (Å²) in [7, 11) is 0. The molecule has 140 valence electrons. The van der Waals surface area contributed by atoms with Gasteiger partial charge in [-0.05, 0) is 24.3 Å². The molecule has 0 aliphatic rings. The molecule has 0 atom stereocenters. The molecule has 0 radical (unpaired) electrons. The maximum Gasteiger partial charge on any atom is 0.317 e. The molecule has 0 saturated carbocycles. The SMILES string of the molecule is Nc1ccc(-c2cn(Cc3ccc(C(=O)NNC(=O)C(F)F)s3)nn2)cn1. The zero-order valence-electron chi connectivity index (χ0n) is 13.6. The highest BCUT2D eigenvalue weighted by atomic mass is 32.1. The molecule has 4 N–H and O–H groups in total. The number of pyridine rings is 1. The van der Waals surface area contributed by atoms with E-state index in [9.17, 15) is 18.4 Å². The van der Waals surface area contributed by atoms with Gasteiger partial charge in [-0.3, -0.25) is 20.4 Å². The Morgan fingerprint density at radius 3 is 2.74 bits per heavy atom. The number of hydrogen-bond donors (Lipinski definition) is 3. The highest BCUT2D eigenvalue weighted by molar-refractivity contribution is 7.14. The average molecular weight is 393 g/mol. The van der Waals surface area contributed by atoms with Crippen LogP contribution in [-0.2, 0) is 11.3 Å². The van der Waals surface area contributed by atoms with Gasteiger partial charge in [0.15, 0.2) is 0 Å². The quantitative estimate of drug-likeness (QED) is 0.556. The summed E-state index contributed by atoms with van der Waals surface area (Å²) in [6.45, 7) is 0.358. The van der Waals surface area contributed by atoms with E-state index in [1.807, 2.05) is 5.43 Å². The van der Waals surface area contributed by atoms with Crippen LogP contribution < -0.4 is 16.6 Å². The van der Waals surface area contributed by atoms with Gasteiger partial charge in [-0.15, -0.1) is 16.4 Å². The first-order valence-corrected chi connectivity index (χ1v) is 8.33. The third-order valence-corrected chi connectivity index (χ3v) is 4.39. The number of nitrogen functional groups attached to an aromatic ring is 1. The van der Waals surface area contributed by atoms with Crippen LogP contribution >= 0.6 is 11.3 Å². The fourth-order valence-electron chi connectivity index (χ4n) is 2.04. The van der Waals surface area contributed by atoms with E-state index in [4.69, 9.17) is 5.73 Å². The molecular weight excluding hydrogens is 380 g/mol. The van der Waals surface area contributed by atoms with Gasteiger partial charge in [0.1, 0.15) is 11.5 Å². The van der Waals surface area contributed by atoms with E-state index < -0.39 is 18.2 Å². The van der Waals surface area contributed by atoms with Gasteiger partial charge in [-0.1, -0.05) is 5.21 Å². The average Bonchev–Trinajstić information content (AvgIpc) is 3.30. The summed E-state index contributed by atoms with van der Waals surface area (Å²) in [5.41, 5.74) is 10.5. The molecule has 0 unspecified atom stereocenters. The molecule has 9 nitrogen and oxygen atoms in total. The van der Waals surface area contributed by atoms with Crippen molar-refractivity contribution in [1.29, 1.82) is 0 Å². The molecular formula is C15H13F2N7O2S. The van der Waals surface area contributed by atoms with Gasteiger partial charge < -0.3 is 5.73 Å². The first kappa shape index (κ1) is 18.4. The number of thiophene rings is 1. The van der Waals surface area contributed by atoms with E-state index in [1.165, 1.54) is 6.07 Å². The number of hydrazine groups is 1. The maximum absolute atomic E-state index is 12.1. The Kier molecular flexibility index (Phi) is 5.35. The predicted octanol–water partition coefficient (Wildman–Crippen LogP) is 1.06. The second-order valence-corrected chi connectivity index (χ2v) is 6.45. The number of carbonyl (C=O) groups excluding carboxylic acids is 2. The Morgan fingerprint density at radius 2 is 2.04 bits per heavy atom. The number of aromatic nitrogens is 4. The zero-order valence-corrected chi connectivity index (χ0v) is 14.4. The number of anilines is 1. The van der Waals surface area contributed by atoms with Crippen LogP contribution in [0.1, 0.15) is 14.5 Å². The number of rotatable bonds is 5. The zero-order chi connectivity index (χ0) is 19.4. The van der Waals surface area contributed by atoms with Gasteiger partial charge in [0.25, 0.3) is 5.91 Å². The predicted molar refractivity (Wildman–Crippen MR) is 92.7 cm³/mol. The number of halogens is 2. The Morgan fingerprint density at radius 1 is 1.22 bits per heavy atom. The third-order valence-electron chi connectivity index (χ3n) is 3.32. The molecule has 3 heterocycles. The Hall–Kier alpha value is -3.41. The number of carbonyl (C=O) groups is 2. The van der Waals surface area contributed by atoms with Crippen molar-refractivity contribution < 1.29 is 18.4 Å². The van der Waals surface area contributed by atoms with Crippen LogP contribution in [0, 0.1) is 0 Å². The molecule has 0 fully saturated rings. The first-order chi connectivity index (χ1) is 12.9. The van der Waals surface area contributed by atoms with Gasteiger partial charge in [0, 0.05) is 16.6 Å². The van der Waals surface area contributed by atoms with Crippen LogP contribution in [0.5, 0.6) is 0 Å². The summed E-state index contributed by atoms with van der Waals surface area (Å²) < 4.78 is 25.8. The molecule has 0 bridgehead atoms. The number of alkyl halides is 2. The highest BCUT2D eigenvalue weighted by Crippen LogP contribution is 2.19. The summed E-state index contributed by atoms with van der Waals surface area (Å²) in [5, 5.41) is 8.08. The molecule has 3 aromatic rings. The van der Waals surface area contributed by atoms with Gasteiger partial charge in [0.2, 0.25) is 0 Å². The van der Waals surface area contributed by atoms with Gasteiger partial charge in [0.05, 0.1) is 17.6 Å². The normalized spacial score (nSPS) is 10.8. The van der Waals surface area contributed by atoms with Crippen LogP contribution in [0.15, 0.2) is 36.7 Å². The van der Waals surface area contributed by atoms with Gasteiger partial charge >= 0.3 is 12.3 Å². The second kappa shape index (κ2) is 7.86. The molecule has 0 aromatic carbocycles. The molecule has 27 heavy (non-hydrogen) atoms. The standard InChI is InChI=1S/C15H13F2N7O2S/c16-13(17)15(26)22-21-14(25)11-3-2-9(27-11)6-24-7-10(20-23-24)8-1-4-12(18)19-5-8/h1-5,7,13H,6H2,(H2,18,19)(H,21,25)(H,22,26). The van der Waals surface area contributed by atoms with Crippen molar-refractivity contribution in [3.63, 3.8) is 0 Å². The van der Waals surface area contributed by atoms with Crippen molar-refractivity contribution >= 4 is 29.0 Å². The van der Waals surface area contributed by atoms with Gasteiger partial charge in [-0.2, -0.15) is 8.78 Å². The highest BCUT2D eigenvalue weighted by Gasteiger charge is 2.17. The van der Waals surface area contributed by atoms with Crippen LogP contribution in [0.2, 0.25) is 0 Å². The summed E-state index contributed by atoms with van der Waals surface area (Å²) in [4.78, 5) is 27.6. The largest absolute Gasteiger partial charge is 0.384 e. The first-order valence-electron chi connectivity index (χ1n) is 7.51. The van der Waals surface area contributed by atoms with Crippen molar-refractivity contribution in [3.05, 3.63) is 46.4 Å². The summed E-state index contributed by atoms with van der Waals surface area (Å²) in [6.07, 6.45) is 0.0995. The van der Waals surface area contributed by atoms with Crippen molar-refractivity contribution in [1.82, 2.24) is 30.8 Å². The topological polar surface area (TPSA) is 128 Å². The Bertz CT molecular complexity index is 955. The minimum atomic E-state index is -3.21. The fourth-order valence-corrected chi connectivity index (χ4v) is 2.94. The van der Waals surface area contributed by atoms with Crippen molar-refractivity contribution in [3.8, 4) is 11.3 Å². The van der Waals surface area contributed by atoms with Crippen LogP contribution in [0.3, 0.4) is 0 Å². The van der Waals surface area contributed by atoms with E-state index in [0.717, 1.165) is 21.8 Å². The van der Waals surface area contributed by atoms with Crippen molar-refractivity contribution in [2.75, 3.05) is 5.73 Å². The molecule has 0 aliphatic heterocycles. The number of nitrogens with zero attached hydrogens (tertiary/aromatic N) is 4. The van der Waals surface area contributed by atoms with Crippen molar-refractivity contribution in [2.24, 2.45) is 0 Å². The summed E-state index contributed by atoms with van der Waals surface area (Å²) in [5.74, 6) is -1.86. The summed E-state index contributed by atoms with van der Waals surface area (Å²) >= 11 is 1.13. The monoisotopic (exact) mass is 393 g/mol. The lowest BCUT2D eigenvalue weighted by atomic mass is 10.2. The number of nitrogens with two attached hydrogens (primary N) is 1. The number of nitrogens with one attached hydrogen (secondary N) is 2. The van der Waals surface area contributed by atoms with E-state index in [1.54, 1.807) is 40.7 Å². The smallest absolute Gasteiger partial charge is 0.317 e. The Balaban J connectivity index is 1.62. The lowest BCUT2D eigenvalue weighted by molar-refractivity contribution is -0.132. The second-order valence-electron chi connectivity index (χ2n) is 5.28. The lowest BCUT2D eigenvalue weighted by Crippen LogP contribution is -2.44. The van der Waals surface area contributed by atoms with E-state index in [0.29, 0.717) is 18.1 Å². The fraction of sp³-hybridized carbons (Fsp3) is 0.133. The molecule has 12 heteroatoms. The van der Waals surface area contributed by atoms with E-state index in [-0.39, 0.29) is 4.88 Å².